The molecule has 0 amide bonds. The number of aryl methyl sites for hydroxylation is 2. The third kappa shape index (κ3) is 4.35. The minimum atomic E-state index is 0.707. The molecule has 2 heterocycles. The van der Waals surface area contributed by atoms with Gasteiger partial charge in [0.05, 0.1) is 18.1 Å². The zero-order valence-electron chi connectivity index (χ0n) is 13.9. The number of rotatable bonds is 7. The van der Waals surface area contributed by atoms with Crippen LogP contribution in [0.15, 0.2) is 53.9 Å². The molecule has 0 atom stereocenters. The Balaban J connectivity index is 1.60. The van der Waals surface area contributed by atoms with E-state index in [1.807, 2.05) is 24.0 Å². The SMILES string of the molecule is CCc1nn(C)cc1CNc1cncc(SCc2ccccc2)n1. The molecule has 0 saturated carbocycles. The van der Waals surface area contributed by atoms with Crippen LogP contribution < -0.4 is 5.32 Å². The third-order valence-electron chi connectivity index (χ3n) is 3.63. The highest BCUT2D eigenvalue weighted by Gasteiger charge is 2.06. The Labute approximate surface area is 146 Å². The number of nitrogens with one attached hydrogen (secondary N) is 1. The van der Waals surface area contributed by atoms with Crippen molar-refractivity contribution in [2.45, 2.75) is 30.7 Å². The van der Waals surface area contributed by atoms with Crippen molar-refractivity contribution in [1.29, 1.82) is 0 Å². The van der Waals surface area contributed by atoms with Crippen LogP contribution >= 0.6 is 11.8 Å². The summed E-state index contributed by atoms with van der Waals surface area (Å²) >= 11 is 1.69. The monoisotopic (exact) mass is 339 g/mol. The molecule has 1 aromatic carbocycles. The van der Waals surface area contributed by atoms with E-state index >= 15 is 0 Å². The molecule has 0 spiro atoms. The van der Waals surface area contributed by atoms with Crippen molar-refractivity contribution in [2.75, 3.05) is 5.32 Å². The fraction of sp³-hybridized carbons (Fsp3) is 0.278. The maximum absolute atomic E-state index is 4.63. The highest BCUT2D eigenvalue weighted by Crippen LogP contribution is 2.21. The molecule has 0 aliphatic rings. The molecule has 1 N–H and O–H groups in total. The molecule has 0 radical (unpaired) electrons. The van der Waals surface area contributed by atoms with Gasteiger partial charge in [-0.15, -0.1) is 11.8 Å². The standard InChI is InChI=1S/C18H21N5S/c1-3-16-15(12-23(2)22-16)9-20-17-10-19-11-18(21-17)24-13-14-7-5-4-6-8-14/h4-8,10-12H,3,9,13H2,1-2H3,(H,20,21). The van der Waals surface area contributed by atoms with Gasteiger partial charge in [0.2, 0.25) is 0 Å². The largest absolute Gasteiger partial charge is 0.365 e. The number of benzene rings is 1. The molecule has 124 valence electrons. The Bertz CT molecular complexity index is 785. The summed E-state index contributed by atoms with van der Waals surface area (Å²) in [6.07, 6.45) is 6.54. The van der Waals surface area contributed by atoms with Gasteiger partial charge in [-0.25, -0.2) is 4.98 Å². The van der Waals surface area contributed by atoms with Crippen LogP contribution in [-0.4, -0.2) is 19.7 Å². The summed E-state index contributed by atoms with van der Waals surface area (Å²) < 4.78 is 1.85. The summed E-state index contributed by atoms with van der Waals surface area (Å²) in [6, 6.07) is 10.4. The average molecular weight is 339 g/mol. The van der Waals surface area contributed by atoms with Gasteiger partial charge < -0.3 is 5.32 Å². The van der Waals surface area contributed by atoms with Gasteiger partial charge in [0.15, 0.2) is 0 Å². The summed E-state index contributed by atoms with van der Waals surface area (Å²) in [5.74, 6) is 1.68. The summed E-state index contributed by atoms with van der Waals surface area (Å²) in [5.41, 5.74) is 3.60. The van der Waals surface area contributed by atoms with Crippen molar-refractivity contribution in [2.24, 2.45) is 7.05 Å². The first-order valence-electron chi connectivity index (χ1n) is 7.98. The minimum absolute atomic E-state index is 0.707. The Hall–Kier alpha value is -2.34. The fourth-order valence-electron chi connectivity index (χ4n) is 2.45. The average Bonchev–Trinajstić information content (AvgIpc) is 2.99. The Morgan fingerprint density at radius 1 is 1.17 bits per heavy atom. The van der Waals surface area contributed by atoms with Gasteiger partial charge >= 0.3 is 0 Å². The Morgan fingerprint density at radius 3 is 2.79 bits per heavy atom. The smallest absolute Gasteiger partial charge is 0.146 e. The summed E-state index contributed by atoms with van der Waals surface area (Å²) in [4.78, 5) is 8.92. The molecule has 0 bridgehead atoms. The van der Waals surface area contributed by atoms with Gasteiger partial charge in [-0.1, -0.05) is 37.3 Å². The maximum Gasteiger partial charge on any atom is 0.146 e. The normalized spacial score (nSPS) is 10.8. The van der Waals surface area contributed by atoms with Crippen LogP contribution in [0.5, 0.6) is 0 Å². The van der Waals surface area contributed by atoms with Crippen LogP contribution in [0.25, 0.3) is 0 Å². The molecule has 0 fully saturated rings. The van der Waals surface area contributed by atoms with Crippen LogP contribution in [0.1, 0.15) is 23.7 Å². The van der Waals surface area contributed by atoms with E-state index in [9.17, 15) is 0 Å². The third-order valence-corrected chi connectivity index (χ3v) is 4.60. The second-order valence-electron chi connectivity index (χ2n) is 5.50. The van der Waals surface area contributed by atoms with E-state index in [1.165, 1.54) is 11.1 Å². The molecule has 6 heteroatoms. The number of nitrogens with zero attached hydrogens (tertiary/aromatic N) is 4. The molecule has 3 rings (SSSR count). The first-order chi connectivity index (χ1) is 11.7. The molecule has 0 aliphatic heterocycles. The number of hydrogen-bond donors (Lipinski definition) is 1. The lowest BCUT2D eigenvalue weighted by Crippen LogP contribution is -2.03. The molecular weight excluding hydrogens is 318 g/mol. The first-order valence-corrected chi connectivity index (χ1v) is 8.97. The van der Waals surface area contributed by atoms with E-state index in [-0.39, 0.29) is 0 Å². The molecule has 0 aliphatic carbocycles. The lowest BCUT2D eigenvalue weighted by atomic mass is 10.2. The highest BCUT2D eigenvalue weighted by atomic mass is 32.2. The lowest BCUT2D eigenvalue weighted by Gasteiger charge is -2.07. The molecule has 0 saturated heterocycles. The van der Waals surface area contributed by atoms with Gasteiger partial charge in [0, 0.05) is 31.1 Å². The molecule has 24 heavy (non-hydrogen) atoms. The quantitative estimate of drug-likeness (QED) is 0.666. The van der Waals surface area contributed by atoms with E-state index < -0.39 is 0 Å². The van der Waals surface area contributed by atoms with E-state index in [0.717, 1.165) is 28.7 Å². The summed E-state index contributed by atoms with van der Waals surface area (Å²) in [5, 5.41) is 8.73. The van der Waals surface area contributed by atoms with Crippen molar-refractivity contribution in [3.05, 3.63) is 65.7 Å². The van der Waals surface area contributed by atoms with Crippen molar-refractivity contribution < 1.29 is 0 Å². The van der Waals surface area contributed by atoms with Crippen LogP contribution in [0.3, 0.4) is 0 Å². The van der Waals surface area contributed by atoms with E-state index in [0.29, 0.717) is 6.54 Å². The van der Waals surface area contributed by atoms with Crippen molar-refractivity contribution in [3.8, 4) is 0 Å². The van der Waals surface area contributed by atoms with E-state index in [1.54, 1.807) is 24.2 Å². The minimum Gasteiger partial charge on any atom is -0.365 e. The van der Waals surface area contributed by atoms with Crippen LogP contribution in [0.2, 0.25) is 0 Å². The second kappa shape index (κ2) is 7.97. The van der Waals surface area contributed by atoms with Gasteiger partial charge in [-0.05, 0) is 12.0 Å². The second-order valence-corrected chi connectivity index (χ2v) is 6.49. The van der Waals surface area contributed by atoms with E-state index in [2.05, 4.69) is 51.6 Å². The van der Waals surface area contributed by atoms with Gasteiger partial charge in [0.1, 0.15) is 10.8 Å². The van der Waals surface area contributed by atoms with Crippen LogP contribution in [0, 0.1) is 0 Å². The molecule has 0 unspecified atom stereocenters. The molecule has 2 aromatic heterocycles. The van der Waals surface area contributed by atoms with E-state index in [4.69, 9.17) is 0 Å². The number of anilines is 1. The van der Waals surface area contributed by atoms with Gasteiger partial charge in [-0.3, -0.25) is 9.67 Å². The van der Waals surface area contributed by atoms with Crippen molar-refractivity contribution in [3.63, 3.8) is 0 Å². The first kappa shape index (κ1) is 16.5. The van der Waals surface area contributed by atoms with Crippen LogP contribution in [0.4, 0.5) is 5.82 Å². The highest BCUT2D eigenvalue weighted by molar-refractivity contribution is 7.98. The zero-order chi connectivity index (χ0) is 16.8. The summed E-state index contributed by atoms with van der Waals surface area (Å²) in [6.45, 7) is 2.82. The van der Waals surface area contributed by atoms with Crippen molar-refractivity contribution >= 4 is 17.6 Å². The van der Waals surface area contributed by atoms with Crippen LogP contribution in [-0.2, 0) is 25.8 Å². The maximum atomic E-state index is 4.63. The summed E-state index contributed by atoms with van der Waals surface area (Å²) in [7, 11) is 1.95. The zero-order valence-corrected chi connectivity index (χ0v) is 14.8. The van der Waals surface area contributed by atoms with Gasteiger partial charge in [0.25, 0.3) is 0 Å². The Morgan fingerprint density at radius 2 is 2.00 bits per heavy atom. The lowest BCUT2D eigenvalue weighted by molar-refractivity contribution is 0.746. The molecule has 3 aromatic rings. The number of aromatic nitrogens is 4. The topological polar surface area (TPSA) is 55.6 Å². The number of hydrogen-bond acceptors (Lipinski definition) is 5. The predicted octanol–water partition coefficient (Wildman–Crippen LogP) is 3.68. The fourth-order valence-corrected chi connectivity index (χ4v) is 3.25. The number of thioether (sulfide) groups is 1. The van der Waals surface area contributed by atoms with Gasteiger partial charge in [-0.2, -0.15) is 5.10 Å². The molecular formula is C18H21N5S. The Kier molecular flexibility index (Phi) is 5.48. The van der Waals surface area contributed by atoms with Crippen molar-refractivity contribution in [1.82, 2.24) is 19.7 Å². The predicted molar refractivity (Wildman–Crippen MR) is 97.9 cm³/mol. The molecule has 5 nitrogen and oxygen atoms in total.